The molecule has 0 heterocycles. The second-order valence-electron chi connectivity index (χ2n) is 6.82. The van der Waals surface area contributed by atoms with Crippen LogP contribution in [-0.4, -0.2) is 55.0 Å². The van der Waals surface area contributed by atoms with Gasteiger partial charge >= 0.3 is 5.97 Å². The maximum atomic E-state index is 12.0. The van der Waals surface area contributed by atoms with E-state index in [9.17, 15) is 14.4 Å². The average Bonchev–Trinajstić information content (AvgIpc) is 2.45. The van der Waals surface area contributed by atoms with E-state index in [-0.39, 0.29) is 30.4 Å². The molecule has 0 atom stereocenters. The van der Waals surface area contributed by atoms with Crippen molar-refractivity contribution in [3.05, 3.63) is 29.8 Å². The summed E-state index contributed by atoms with van der Waals surface area (Å²) in [7, 11) is 1.70. The molecule has 2 amide bonds. The number of carbonyl (C=O) groups excluding carboxylic acids is 3. The second kappa shape index (κ2) is 9.17. The number of hydrogen-bond donors (Lipinski definition) is 2. The molecular formula is C18H27N3O4. The van der Waals surface area contributed by atoms with Gasteiger partial charge in [-0.3, -0.25) is 14.5 Å². The topological polar surface area (TPSA) is 87.7 Å². The van der Waals surface area contributed by atoms with Gasteiger partial charge in [-0.05, 0) is 59.0 Å². The Morgan fingerprint density at radius 1 is 1.04 bits per heavy atom. The van der Waals surface area contributed by atoms with E-state index in [1.54, 1.807) is 43.1 Å². The van der Waals surface area contributed by atoms with Gasteiger partial charge in [0.1, 0.15) is 0 Å². The highest BCUT2D eigenvalue weighted by Crippen LogP contribution is 2.10. The quantitative estimate of drug-likeness (QED) is 0.731. The highest BCUT2D eigenvalue weighted by molar-refractivity contribution is 5.94. The number of esters is 1. The van der Waals surface area contributed by atoms with Gasteiger partial charge in [0.15, 0.2) is 0 Å². The lowest BCUT2D eigenvalue weighted by Crippen LogP contribution is -2.46. The molecule has 0 saturated heterocycles. The van der Waals surface area contributed by atoms with E-state index >= 15 is 0 Å². The Morgan fingerprint density at radius 2 is 1.60 bits per heavy atom. The predicted octanol–water partition coefficient (Wildman–Crippen LogP) is 1.65. The SMILES string of the molecule is CCOC(=O)c1ccc(NC(=O)CN(C)CC(=O)NC(C)(C)C)cc1. The molecular weight excluding hydrogens is 322 g/mol. The molecule has 1 aromatic rings. The molecule has 0 unspecified atom stereocenters. The second-order valence-corrected chi connectivity index (χ2v) is 6.82. The fraction of sp³-hybridized carbons (Fsp3) is 0.500. The van der Waals surface area contributed by atoms with E-state index in [4.69, 9.17) is 4.74 Å². The molecule has 7 heteroatoms. The van der Waals surface area contributed by atoms with Crippen LogP contribution in [0, 0.1) is 0 Å². The van der Waals surface area contributed by atoms with Crippen molar-refractivity contribution >= 4 is 23.5 Å². The Bertz CT molecular complexity index is 606. The van der Waals surface area contributed by atoms with Gasteiger partial charge in [0, 0.05) is 11.2 Å². The van der Waals surface area contributed by atoms with Crippen LogP contribution in [0.3, 0.4) is 0 Å². The van der Waals surface area contributed by atoms with Crippen molar-refractivity contribution in [2.45, 2.75) is 33.2 Å². The number of ether oxygens (including phenoxy) is 1. The number of hydrogen-bond acceptors (Lipinski definition) is 5. The third kappa shape index (κ3) is 8.30. The van der Waals surface area contributed by atoms with Gasteiger partial charge in [0.2, 0.25) is 11.8 Å². The minimum absolute atomic E-state index is 0.0805. The van der Waals surface area contributed by atoms with Gasteiger partial charge in [-0.2, -0.15) is 0 Å². The normalized spacial score (nSPS) is 11.1. The molecule has 2 N–H and O–H groups in total. The van der Waals surface area contributed by atoms with Crippen molar-refractivity contribution in [2.24, 2.45) is 0 Å². The zero-order chi connectivity index (χ0) is 19.0. The molecule has 25 heavy (non-hydrogen) atoms. The number of amides is 2. The van der Waals surface area contributed by atoms with Crippen LogP contribution in [0.25, 0.3) is 0 Å². The Balaban J connectivity index is 2.48. The van der Waals surface area contributed by atoms with Crippen LogP contribution >= 0.6 is 0 Å². The van der Waals surface area contributed by atoms with Crippen molar-refractivity contribution in [3.63, 3.8) is 0 Å². The summed E-state index contributed by atoms with van der Waals surface area (Å²) in [6.45, 7) is 7.97. The molecule has 1 aromatic carbocycles. The molecule has 0 saturated carbocycles. The first kappa shape index (κ1) is 20.6. The van der Waals surface area contributed by atoms with Crippen LogP contribution in [0.1, 0.15) is 38.1 Å². The van der Waals surface area contributed by atoms with E-state index in [2.05, 4.69) is 10.6 Å². The zero-order valence-corrected chi connectivity index (χ0v) is 15.5. The highest BCUT2D eigenvalue weighted by Gasteiger charge is 2.16. The van der Waals surface area contributed by atoms with E-state index in [0.29, 0.717) is 17.9 Å². The lowest BCUT2D eigenvalue weighted by Gasteiger charge is -2.23. The van der Waals surface area contributed by atoms with Crippen LogP contribution in [0.2, 0.25) is 0 Å². The maximum Gasteiger partial charge on any atom is 0.338 e. The van der Waals surface area contributed by atoms with Crippen molar-refractivity contribution in [1.82, 2.24) is 10.2 Å². The molecule has 0 bridgehead atoms. The molecule has 1 rings (SSSR count). The molecule has 0 fully saturated rings. The van der Waals surface area contributed by atoms with Gasteiger partial charge in [0.05, 0.1) is 25.3 Å². The van der Waals surface area contributed by atoms with Crippen molar-refractivity contribution < 1.29 is 19.1 Å². The van der Waals surface area contributed by atoms with Crippen molar-refractivity contribution in [3.8, 4) is 0 Å². The molecule has 0 spiro atoms. The first-order valence-corrected chi connectivity index (χ1v) is 8.17. The Morgan fingerprint density at radius 3 is 2.12 bits per heavy atom. The molecule has 0 aromatic heterocycles. The average molecular weight is 349 g/mol. The summed E-state index contributed by atoms with van der Waals surface area (Å²) in [5, 5.41) is 5.57. The monoisotopic (exact) mass is 349 g/mol. The summed E-state index contributed by atoms with van der Waals surface area (Å²) in [4.78, 5) is 37.1. The number of nitrogens with zero attached hydrogens (tertiary/aromatic N) is 1. The molecule has 0 aliphatic heterocycles. The number of anilines is 1. The largest absolute Gasteiger partial charge is 0.462 e. The first-order valence-electron chi connectivity index (χ1n) is 8.17. The smallest absolute Gasteiger partial charge is 0.338 e. The van der Waals surface area contributed by atoms with Crippen LogP contribution in [-0.2, 0) is 14.3 Å². The molecule has 138 valence electrons. The minimum atomic E-state index is -0.398. The Labute approximate surface area is 148 Å². The standard InChI is InChI=1S/C18H27N3O4/c1-6-25-17(24)13-7-9-14(10-8-13)19-15(22)11-21(5)12-16(23)20-18(2,3)4/h7-10H,6,11-12H2,1-5H3,(H,19,22)(H,20,23). The first-order chi connectivity index (χ1) is 11.6. The molecule has 0 aliphatic rings. The number of rotatable bonds is 7. The van der Waals surface area contributed by atoms with Gasteiger partial charge in [0.25, 0.3) is 0 Å². The lowest BCUT2D eigenvalue weighted by molar-refractivity contribution is -0.124. The molecule has 7 nitrogen and oxygen atoms in total. The number of carbonyl (C=O) groups is 3. The lowest BCUT2D eigenvalue weighted by atomic mass is 10.1. The van der Waals surface area contributed by atoms with E-state index in [0.717, 1.165) is 0 Å². The summed E-state index contributed by atoms with van der Waals surface area (Å²) in [5.74, 6) is -0.776. The van der Waals surface area contributed by atoms with Gasteiger partial charge in [-0.25, -0.2) is 4.79 Å². The van der Waals surface area contributed by atoms with Gasteiger partial charge < -0.3 is 15.4 Å². The van der Waals surface area contributed by atoms with Crippen LogP contribution < -0.4 is 10.6 Å². The number of nitrogens with one attached hydrogen (secondary N) is 2. The fourth-order valence-electron chi connectivity index (χ4n) is 2.11. The maximum absolute atomic E-state index is 12.0. The third-order valence-electron chi connectivity index (χ3n) is 3.02. The summed E-state index contributed by atoms with van der Waals surface area (Å²) in [6.07, 6.45) is 0. The predicted molar refractivity (Wildman–Crippen MR) is 96.4 cm³/mol. The van der Waals surface area contributed by atoms with Gasteiger partial charge in [-0.15, -0.1) is 0 Å². The van der Waals surface area contributed by atoms with E-state index in [1.165, 1.54) is 0 Å². The summed E-state index contributed by atoms with van der Waals surface area (Å²) >= 11 is 0. The van der Waals surface area contributed by atoms with Crippen LogP contribution in [0.15, 0.2) is 24.3 Å². The fourth-order valence-corrected chi connectivity index (χ4v) is 2.11. The van der Waals surface area contributed by atoms with Crippen LogP contribution in [0.5, 0.6) is 0 Å². The van der Waals surface area contributed by atoms with Crippen LogP contribution in [0.4, 0.5) is 5.69 Å². The van der Waals surface area contributed by atoms with E-state index in [1.807, 2.05) is 20.8 Å². The Kier molecular flexibility index (Phi) is 7.57. The van der Waals surface area contributed by atoms with Crippen molar-refractivity contribution in [1.29, 1.82) is 0 Å². The highest BCUT2D eigenvalue weighted by atomic mass is 16.5. The molecule has 0 radical (unpaired) electrons. The summed E-state index contributed by atoms with van der Waals surface area (Å²) < 4.78 is 4.90. The Hall–Kier alpha value is -2.41. The summed E-state index contributed by atoms with van der Waals surface area (Å²) in [6, 6.07) is 6.45. The minimum Gasteiger partial charge on any atom is -0.462 e. The van der Waals surface area contributed by atoms with Crippen molar-refractivity contribution in [2.75, 3.05) is 32.1 Å². The van der Waals surface area contributed by atoms with Gasteiger partial charge in [-0.1, -0.05) is 0 Å². The number of benzene rings is 1. The molecule has 0 aliphatic carbocycles. The zero-order valence-electron chi connectivity index (χ0n) is 15.5. The number of likely N-dealkylation sites (N-methyl/N-ethyl adjacent to an activating group) is 1. The van der Waals surface area contributed by atoms with E-state index < -0.39 is 5.97 Å². The summed E-state index contributed by atoms with van der Waals surface area (Å²) in [5.41, 5.74) is 0.697. The third-order valence-corrected chi connectivity index (χ3v) is 3.02.